The number of nitrogens with zero attached hydrogens (tertiary/aromatic N) is 1. The monoisotopic (exact) mass is 222 g/mol. The van der Waals surface area contributed by atoms with Crippen LogP contribution in [0.2, 0.25) is 0 Å². The topological polar surface area (TPSA) is 48.1 Å². The highest BCUT2D eigenvalue weighted by molar-refractivity contribution is 7.16. The van der Waals surface area contributed by atoms with E-state index < -0.39 is 0 Å². The van der Waals surface area contributed by atoms with E-state index >= 15 is 0 Å². The first kappa shape index (κ1) is 10.4. The molecule has 0 aliphatic heterocycles. The summed E-state index contributed by atoms with van der Waals surface area (Å²) in [5.74, 6) is 0.831. The Labute approximate surface area is 92.9 Å². The predicted molar refractivity (Wildman–Crippen MR) is 63.4 cm³/mol. The van der Waals surface area contributed by atoms with Crippen LogP contribution in [0.4, 0.5) is 0 Å². The van der Waals surface area contributed by atoms with Crippen molar-refractivity contribution >= 4 is 21.6 Å². The fraction of sp³-hybridized carbons (Fsp3) is 0.364. The van der Waals surface area contributed by atoms with Crippen molar-refractivity contribution in [3.63, 3.8) is 0 Å². The van der Waals surface area contributed by atoms with Crippen LogP contribution in [0, 0.1) is 0 Å². The Morgan fingerprint density at radius 2 is 2.40 bits per heavy atom. The first-order chi connectivity index (χ1) is 7.31. The molecule has 1 aromatic heterocycles. The van der Waals surface area contributed by atoms with E-state index in [0.29, 0.717) is 6.61 Å². The molecule has 0 aliphatic carbocycles. The van der Waals surface area contributed by atoms with E-state index in [1.165, 1.54) is 0 Å². The normalized spacial score (nSPS) is 12.9. The minimum Gasteiger partial charge on any atom is -0.490 e. The van der Waals surface area contributed by atoms with Crippen molar-refractivity contribution in [2.24, 2.45) is 5.73 Å². The molecule has 0 saturated heterocycles. The molecule has 1 unspecified atom stereocenters. The molecule has 0 saturated carbocycles. The summed E-state index contributed by atoms with van der Waals surface area (Å²) < 4.78 is 6.80. The molecule has 0 aliphatic rings. The molecule has 1 atom stereocenters. The van der Waals surface area contributed by atoms with Crippen molar-refractivity contribution in [3.8, 4) is 5.75 Å². The quantitative estimate of drug-likeness (QED) is 0.864. The summed E-state index contributed by atoms with van der Waals surface area (Å²) in [5.41, 5.74) is 8.56. The summed E-state index contributed by atoms with van der Waals surface area (Å²) in [6, 6.07) is 6.05. The first-order valence-corrected chi connectivity index (χ1v) is 5.90. The molecule has 0 amide bonds. The highest BCUT2D eigenvalue weighted by Crippen LogP contribution is 2.26. The second-order valence-corrected chi connectivity index (χ2v) is 4.32. The lowest BCUT2D eigenvalue weighted by atomic mass is 10.2. The number of benzene rings is 1. The van der Waals surface area contributed by atoms with Crippen LogP contribution in [-0.4, -0.2) is 17.6 Å². The van der Waals surface area contributed by atoms with Gasteiger partial charge in [0, 0.05) is 6.04 Å². The van der Waals surface area contributed by atoms with E-state index in [9.17, 15) is 0 Å². The van der Waals surface area contributed by atoms with Gasteiger partial charge >= 0.3 is 0 Å². The van der Waals surface area contributed by atoms with Crippen LogP contribution in [0.3, 0.4) is 0 Å². The van der Waals surface area contributed by atoms with Crippen LogP contribution in [0.15, 0.2) is 23.7 Å². The Morgan fingerprint density at radius 1 is 1.53 bits per heavy atom. The van der Waals surface area contributed by atoms with Gasteiger partial charge in [-0.15, -0.1) is 11.3 Å². The van der Waals surface area contributed by atoms with Crippen LogP contribution in [-0.2, 0) is 0 Å². The molecular weight excluding hydrogens is 208 g/mol. The molecular formula is C11H14N2OS. The number of fused-ring (bicyclic) bond motifs is 1. The lowest BCUT2D eigenvalue weighted by Crippen LogP contribution is -2.26. The second kappa shape index (κ2) is 4.59. The minimum absolute atomic E-state index is 0.0962. The zero-order chi connectivity index (χ0) is 10.7. The van der Waals surface area contributed by atoms with E-state index in [0.717, 1.165) is 22.4 Å². The molecule has 3 nitrogen and oxygen atoms in total. The number of thiazole rings is 1. The van der Waals surface area contributed by atoms with Gasteiger partial charge in [-0.3, -0.25) is 0 Å². The Balaban J connectivity index is 2.17. The van der Waals surface area contributed by atoms with Gasteiger partial charge < -0.3 is 10.5 Å². The molecule has 0 radical (unpaired) electrons. The average molecular weight is 222 g/mol. The van der Waals surface area contributed by atoms with E-state index in [1.807, 2.05) is 23.7 Å². The Hall–Kier alpha value is -1.13. The van der Waals surface area contributed by atoms with Gasteiger partial charge in [0.05, 0.1) is 10.2 Å². The van der Waals surface area contributed by atoms with Gasteiger partial charge in [-0.25, -0.2) is 4.98 Å². The summed E-state index contributed by atoms with van der Waals surface area (Å²) in [5, 5.41) is 0. The number of aromatic nitrogens is 1. The number of nitrogens with two attached hydrogens (primary N) is 1. The van der Waals surface area contributed by atoms with Crippen molar-refractivity contribution in [2.75, 3.05) is 6.61 Å². The van der Waals surface area contributed by atoms with Crippen LogP contribution >= 0.6 is 11.3 Å². The highest BCUT2D eigenvalue weighted by atomic mass is 32.1. The average Bonchev–Trinajstić information content (AvgIpc) is 2.74. The van der Waals surface area contributed by atoms with Gasteiger partial charge in [-0.05, 0) is 18.6 Å². The smallest absolute Gasteiger partial charge is 0.146 e. The largest absolute Gasteiger partial charge is 0.490 e. The predicted octanol–water partition coefficient (Wildman–Crippen LogP) is 2.41. The number of ether oxygens (including phenoxy) is 1. The third kappa shape index (κ3) is 2.27. The Bertz CT molecular complexity index is 441. The molecule has 0 spiro atoms. The van der Waals surface area contributed by atoms with Crippen molar-refractivity contribution in [3.05, 3.63) is 23.7 Å². The third-order valence-corrected chi connectivity index (χ3v) is 3.09. The molecule has 80 valence electrons. The number of para-hydroxylation sites is 1. The molecule has 1 aromatic carbocycles. The Kier molecular flexibility index (Phi) is 3.18. The minimum atomic E-state index is 0.0962. The van der Waals surface area contributed by atoms with Crippen LogP contribution in [0.25, 0.3) is 10.2 Å². The zero-order valence-corrected chi connectivity index (χ0v) is 9.46. The molecule has 2 rings (SSSR count). The molecule has 1 heterocycles. The summed E-state index contributed by atoms with van der Waals surface area (Å²) in [7, 11) is 0. The van der Waals surface area contributed by atoms with Gasteiger partial charge in [-0.2, -0.15) is 0 Å². The lowest BCUT2D eigenvalue weighted by molar-refractivity contribution is 0.288. The van der Waals surface area contributed by atoms with E-state index in [1.54, 1.807) is 11.3 Å². The van der Waals surface area contributed by atoms with Crippen molar-refractivity contribution in [1.29, 1.82) is 0 Å². The molecule has 2 aromatic rings. The van der Waals surface area contributed by atoms with Crippen molar-refractivity contribution in [1.82, 2.24) is 4.98 Å². The number of hydrogen-bond donors (Lipinski definition) is 1. The van der Waals surface area contributed by atoms with Gasteiger partial charge in [0.25, 0.3) is 0 Å². The van der Waals surface area contributed by atoms with E-state index in [2.05, 4.69) is 11.9 Å². The molecule has 0 bridgehead atoms. The summed E-state index contributed by atoms with van der Waals surface area (Å²) in [6.07, 6.45) is 0.924. The maximum Gasteiger partial charge on any atom is 0.146 e. The van der Waals surface area contributed by atoms with E-state index in [-0.39, 0.29) is 6.04 Å². The molecule has 4 heteroatoms. The first-order valence-electron chi connectivity index (χ1n) is 5.02. The Morgan fingerprint density at radius 3 is 3.20 bits per heavy atom. The second-order valence-electron chi connectivity index (χ2n) is 3.43. The standard InChI is InChI=1S/C11H14N2OS/c1-2-8(12)6-14-9-4-3-5-10-11(9)13-7-15-10/h3-5,7-8H,2,6,12H2,1H3. The van der Waals surface area contributed by atoms with Crippen molar-refractivity contribution < 1.29 is 4.74 Å². The number of hydrogen-bond acceptors (Lipinski definition) is 4. The van der Waals surface area contributed by atoms with E-state index in [4.69, 9.17) is 10.5 Å². The highest BCUT2D eigenvalue weighted by Gasteiger charge is 2.06. The maximum absolute atomic E-state index is 5.80. The molecule has 2 N–H and O–H groups in total. The van der Waals surface area contributed by atoms with Crippen LogP contribution < -0.4 is 10.5 Å². The zero-order valence-electron chi connectivity index (χ0n) is 8.64. The molecule has 0 fully saturated rings. The summed E-state index contributed by atoms with van der Waals surface area (Å²) in [4.78, 5) is 4.28. The fourth-order valence-corrected chi connectivity index (χ4v) is 1.99. The van der Waals surface area contributed by atoms with Gasteiger partial charge in [-0.1, -0.05) is 13.0 Å². The lowest BCUT2D eigenvalue weighted by Gasteiger charge is -2.11. The van der Waals surface area contributed by atoms with Gasteiger partial charge in [0.15, 0.2) is 0 Å². The van der Waals surface area contributed by atoms with Crippen LogP contribution in [0.5, 0.6) is 5.75 Å². The maximum atomic E-state index is 5.80. The summed E-state index contributed by atoms with van der Waals surface area (Å²) in [6.45, 7) is 2.60. The van der Waals surface area contributed by atoms with Crippen LogP contribution in [0.1, 0.15) is 13.3 Å². The number of rotatable bonds is 4. The molecule has 15 heavy (non-hydrogen) atoms. The summed E-state index contributed by atoms with van der Waals surface area (Å²) >= 11 is 1.62. The van der Waals surface area contributed by atoms with Gasteiger partial charge in [0.2, 0.25) is 0 Å². The van der Waals surface area contributed by atoms with Gasteiger partial charge in [0.1, 0.15) is 17.9 Å². The van der Waals surface area contributed by atoms with Crippen molar-refractivity contribution in [2.45, 2.75) is 19.4 Å². The third-order valence-electron chi connectivity index (χ3n) is 2.30. The fourth-order valence-electron chi connectivity index (χ4n) is 1.29. The SMILES string of the molecule is CCC(N)COc1cccc2scnc12.